The van der Waals surface area contributed by atoms with Gasteiger partial charge in [-0.1, -0.05) is 37.0 Å². The molecule has 0 unspecified atom stereocenters. The Kier molecular flexibility index (Phi) is 6.81. The lowest BCUT2D eigenvalue weighted by molar-refractivity contribution is 0.0701. The zero-order chi connectivity index (χ0) is 19.4. The smallest absolute Gasteiger partial charge is 0.208 e. The monoisotopic (exact) mass is 400 g/mol. The summed E-state index contributed by atoms with van der Waals surface area (Å²) >= 11 is 12.0. The number of methoxy groups -OCH3 is 1. The van der Waals surface area contributed by atoms with Gasteiger partial charge >= 0.3 is 0 Å². The normalized spacial score (nSPS) is 11.0. The van der Waals surface area contributed by atoms with Gasteiger partial charge in [0.2, 0.25) is 5.78 Å². The summed E-state index contributed by atoms with van der Waals surface area (Å²) in [7, 11) is 1.30. The minimum Gasteiger partial charge on any atom is -0.492 e. The molecule has 0 aliphatic rings. The number of nitrogen functional groups attached to an aromatic ring is 1. The van der Waals surface area contributed by atoms with E-state index in [1.54, 1.807) is 0 Å². The summed E-state index contributed by atoms with van der Waals surface area (Å²) in [6.07, 6.45) is 0. The van der Waals surface area contributed by atoms with Crippen LogP contribution in [0, 0.1) is 11.7 Å². The fourth-order valence-electron chi connectivity index (χ4n) is 2.25. The molecule has 26 heavy (non-hydrogen) atoms. The van der Waals surface area contributed by atoms with Crippen LogP contribution in [0.25, 0.3) is 11.3 Å². The summed E-state index contributed by atoms with van der Waals surface area (Å²) in [5, 5.41) is 0.127. The molecule has 0 saturated carbocycles. The van der Waals surface area contributed by atoms with E-state index >= 15 is 0 Å². The van der Waals surface area contributed by atoms with Gasteiger partial charge in [0.25, 0.3) is 0 Å². The van der Waals surface area contributed by atoms with Gasteiger partial charge in [0.15, 0.2) is 11.6 Å². The van der Waals surface area contributed by atoms with Crippen LogP contribution < -0.4 is 10.5 Å². The fourth-order valence-corrected chi connectivity index (χ4v) is 2.67. The highest BCUT2D eigenvalue weighted by Gasteiger charge is 2.21. The Morgan fingerprint density at radius 2 is 2.04 bits per heavy atom. The van der Waals surface area contributed by atoms with Crippen molar-refractivity contribution in [3.63, 3.8) is 0 Å². The average molecular weight is 401 g/mol. The Labute approximate surface area is 161 Å². The Balaban J connectivity index is 2.44. The average Bonchev–Trinajstić information content (AvgIpc) is 2.57. The van der Waals surface area contributed by atoms with E-state index in [2.05, 4.69) is 4.98 Å². The first kappa shape index (κ1) is 20.4. The van der Waals surface area contributed by atoms with Crippen molar-refractivity contribution in [2.75, 3.05) is 26.1 Å². The minimum atomic E-state index is -0.705. The van der Waals surface area contributed by atoms with E-state index in [9.17, 15) is 9.18 Å². The SMILES string of the molecule is COc1c(Cl)ccc(-c2cc(N)c(Cl)c(C(=O)COCC(C)C)n2)c1F. The Morgan fingerprint density at radius 3 is 2.65 bits per heavy atom. The molecular formula is C18H19Cl2FN2O3. The number of carbonyl (C=O) groups is 1. The van der Waals surface area contributed by atoms with Crippen LogP contribution >= 0.6 is 23.2 Å². The van der Waals surface area contributed by atoms with Crippen molar-refractivity contribution in [3.8, 4) is 17.0 Å². The number of benzene rings is 1. The highest BCUT2D eigenvalue weighted by atomic mass is 35.5. The number of Topliss-reactive ketones (excluding diaryl/α,β-unsaturated/α-hetero) is 1. The zero-order valence-electron chi connectivity index (χ0n) is 14.6. The summed E-state index contributed by atoms with van der Waals surface area (Å²) in [6.45, 7) is 4.15. The van der Waals surface area contributed by atoms with Crippen LogP contribution in [0.2, 0.25) is 10.0 Å². The van der Waals surface area contributed by atoms with Gasteiger partial charge in [-0.2, -0.15) is 0 Å². The predicted molar refractivity (Wildman–Crippen MR) is 101 cm³/mol. The highest BCUT2D eigenvalue weighted by molar-refractivity contribution is 6.36. The molecule has 0 fully saturated rings. The number of hydrogen-bond acceptors (Lipinski definition) is 5. The van der Waals surface area contributed by atoms with Crippen LogP contribution in [0.4, 0.5) is 10.1 Å². The predicted octanol–water partition coefficient (Wildman–Crippen LogP) is 4.64. The van der Waals surface area contributed by atoms with Crippen molar-refractivity contribution in [1.29, 1.82) is 0 Å². The molecule has 2 rings (SSSR count). The summed E-state index contributed by atoms with van der Waals surface area (Å²) in [5.74, 6) is -0.986. The number of carbonyl (C=O) groups excluding carboxylic acids is 1. The third-order valence-corrected chi connectivity index (χ3v) is 4.16. The maximum absolute atomic E-state index is 14.6. The van der Waals surface area contributed by atoms with E-state index < -0.39 is 11.6 Å². The van der Waals surface area contributed by atoms with Gasteiger partial charge < -0.3 is 15.2 Å². The molecule has 0 bridgehead atoms. The van der Waals surface area contributed by atoms with Gasteiger partial charge in [-0.05, 0) is 24.1 Å². The van der Waals surface area contributed by atoms with E-state index in [0.29, 0.717) is 6.61 Å². The maximum atomic E-state index is 14.6. The molecule has 0 aliphatic carbocycles. The summed E-state index contributed by atoms with van der Waals surface area (Å²) < 4.78 is 24.9. The van der Waals surface area contributed by atoms with Gasteiger partial charge in [-0.25, -0.2) is 9.37 Å². The second kappa shape index (κ2) is 8.66. The van der Waals surface area contributed by atoms with Crippen LogP contribution in [0.15, 0.2) is 18.2 Å². The fraction of sp³-hybridized carbons (Fsp3) is 0.333. The van der Waals surface area contributed by atoms with Gasteiger partial charge in [0.05, 0.1) is 28.5 Å². The number of nitrogens with zero attached hydrogens (tertiary/aromatic N) is 1. The van der Waals surface area contributed by atoms with E-state index in [1.165, 1.54) is 25.3 Å². The number of pyridine rings is 1. The van der Waals surface area contributed by atoms with Gasteiger partial charge in [0, 0.05) is 12.2 Å². The van der Waals surface area contributed by atoms with Gasteiger partial charge in [-0.15, -0.1) is 0 Å². The van der Waals surface area contributed by atoms with Gasteiger partial charge in [0.1, 0.15) is 12.3 Å². The number of halogens is 3. The molecule has 0 aliphatic heterocycles. The molecule has 0 amide bonds. The van der Waals surface area contributed by atoms with Crippen LogP contribution in [-0.4, -0.2) is 31.1 Å². The molecule has 140 valence electrons. The molecule has 1 aromatic heterocycles. The van der Waals surface area contributed by atoms with Crippen molar-refractivity contribution in [3.05, 3.63) is 39.8 Å². The number of hydrogen-bond donors (Lipinski definition) is 1. The van der Waals surface area contributed by atoms with E-state index in [4.69, 9.17) is 38.4 Å². The Morgan fingerprint density at radius 1 is 1.35 bits per heavy atom. The topological polar surface area (TPSA) is 74.4 Å². The van der Waals surface area contributed by atoms with Crippen molar-refractivity contribution in [2.45, 2.75) is 13.8 Å². The van der Waals surface area contributed by atoms with E-state index in [0.717, 1.165) is 0 Å². The molecule has 1 heterocycles. The quantitative estimate of drug-likeness (QED) is 0.685. The molecule has 0 spiro atoms. The summed E-state index contributed by atoms with van der Waals surface area (Å²) in [6, 6.07) is 4.29. The molecule has 2 N–H and O–H groups in total. The molecule has 5 nitrogen and oxygen atoms in total. The number of ether oxygens (including phenoxy) is 2. The number of rotatable bonds is 7. The van der Waals surface area contributed by atoms with Crippen molar-refractivity contribution >= 4 is 34.7 Å². The maximum Gasteiger partial charge on any atom is 0.208 e. The number of nitrogens with two attached hydrogens (primary N) is 1. The third-order valence-electron chi connectivity index (χ3n) is 3.46. The third kappa shape index (κ3) is 4.44. The summed E-state index contributed by atoms with van der Waals surface area (Å²) in [5.41, 5.74) is 6.15. The minimum absolute atomic E-state index is 0.00762. The Hall–Kier alpha value is -1.89. The largest absolute Gasteiger partial charge is 0.492 e. The van der Waals surface area contributed by atoms with Crippen LogP contribution in [0.5, 0.6) is 5.75 Å². The number of aromatic nitrogens is 1. The first-order valence-electron chi connectivity index (χ1n) is 7.85. The molecule has 0 atom stereocenters. The first-order valence-corrected chi connectivity index (χ1v) is 8.61. The molecule has 0 radical (unpaired) electrons. The second-order valence-electron chi connectivity index (χ2n) is 6.03. The molecular weight excluding hydrogens is 382 g/mol. The van der Waals surface area contributed by atoms with Crippen molar-refractivity contribution in [2.24, 2.45) is 5.92 Å². The molecule has 1 aromatic carbocycles. The zero-order valence-corrected chi connectivity index (χ0v) is 16.1. The number of anilines is 1. The van der Waals surface area contributed by atoms with Crippen LogP contribution in [0.3, 0.4) is 0 Å². The highest BCUT2D eigenvalue weighted by Crippen LogP contribution is 2.36. The van der Waals surface area contributed by atoms with Crippen molar-refractivity contribution < 1.29 is 18.7 Å². The van der Waals surface area contributed by atoms with Crippen LogP contribution in [0.1, 0.15) is 24.3 Å². The number of ketones is 1. The standard InChI is InChI=1S/C18H19Cl2FN2O3/c1-9(2)7-26-8-14(24)17-15(20)12(22)6-13(23-17)10-4-5-11(19)18(25-3)16(10)21/h4-6,9H,7-8H2,1-3H3,(H2,22,23). The molecule has 8 heteroatoms. The van der Waals surface area contributed by atoms with Crippen LogP contribution in [-0.2, 0) is 4.74 Å². The van der Waals surface area contributed by atoms with Gasteiger partial charge in [-0.3, -0.25) is 4.79 Å². The van der Waals surface area contributed by atoms with E-state index in [-0.39, 0.29) is 51.0 Å². The second-order valence-corrected chi connectivity index (χ2v) is 6.82. The summed E-state index contributed by atoms with van der Waals surface area (Å²) in [4.78, 5) is 16.6. The van der Waals surface area contributed by atoms with E-state index in [1.807, 2.05) is 13.8 Å². The lowest BCUT2D eigenvalue weighted by Gasteiger charge is -2.12. The molecule has 0 saturated heterocycles. The Bertz CT molecular complexity index is 829. The lowest BCUT2D eigenvalue weighted by atomic mass is 10.1. The first-order chi connectivity index (χ1) is 12.3. The lowest BCUT2D eigenvalue weighted by Crippen LogP contribution is -2.15. The van der Waals surface area contributed by atoms with Crippen molar-refractivity contribution in [1.82, 2.24) is 4.98 Å². The molecule has 2 aromatic rings.